The molecule has 0 amide bonds. The van der Waals surface area contributed by atoms with Crippen molar-refractivity contribution >= 4 is 5.97 Å². The van der Waals surface area contributed by atoms with Crippen LogP contribution in [0, 0.1) is 5.41 Å². The van der Waals surface area contributed by atoms with E-state index in [0.29, 0.717) is 19.6 Å². The van der Waals surface area contributed by atoms with E-state index in [1.165, 1.54) is 11.1 Å². The summed E-state index contributed by atoms with van der Waals surface area (Å²) in [7, 11) is 0. The lowest BCUT2D eigenvalue weighted by molar-refractivity contribution is -0.157. The van der Waals surface area contributed by atoms with Crippen LogP contribution in [0.5, 0.6) is 0 Å². The summed E-state index contributed by atoms with van der Waals surface area (Å²) in [4.78, 5) is 14.5. The molecule has 26 heavy (non-hydrogen) atoms. The van der Waals surface area contributed by atoms with Crippen LogP contribution in [-0.2, 0) is 22.6 Å². The first-order chi connectivity index (χ1) is 12.6. The van der Waals surface area contributed by atoms with Gasteiger partial charge in [-0.05, 0) is 31.4 Å². The number of carbonyl (C=O) groups is 1. The number of hydrogen-bond donors (Lipinski definition) is 1. The number of hydrogen-bond acceptors (Lipinski definition) is 4. The number of nitrogens with zero attached hydrogens (tertiary/aromatic N) is 1. The van der Waals surface area contributed by atoms with E-state index in [2.05, 4.69) is 29.2 Å². The molecule has 0 fully saturated rings. The van der Waals surface area contributed by atoms with E-state index in [1.54, 1.807) is 13.8 Å². The Bertz CT molecular complexity index is 618. The van der Waals surface area contributed by atoms with Crippen molar-refractivity contribution < 1.29 is 14.6 Å². The summed E-state index contributed by atoms with van der Waals surface area (Å²) in [5.41, 5.74) is 1.58. The second kappa shape index (κ2) is 10.1. The highest BCUT2D eigenvalue weighted by atomic mass is 16.5. The van der Waals surface area contributed by atoms with E-state index >= 15 is 0 Å². The number of aliphatic hydroxyl groups is 1. The van der Waals surface area contributed by atoms with Crippen LogP contribution in [0.2, 0.25) is 0 Å². The van der Waals surface area contributed by atoms with Crippen LogP contribution in [-0.4, -0.2) is 35.7 Å². The number of rotatable bonds is 10. The average molecular weight is 355 g/mol. The van der Waals surface area contributed by atoms with Crippen molar-refractivity contribution in [2.75, 3.05) is 19.8 Å². The van der Waals surface area contributed by atoms with Crippen molar-refractivity contribution in [3.8, 4) is 0 Å². The predicted molar refractivity (Wildman–Crippen MR) is 103 cm³/mol. The highest BCUT2D eigenvalue weighted by Crippen LogP contribution is 2.24. The number of benzene rings is 2. The van der Waals surface area contributed by atoms with E-state index in [4.69, 9.17) is 4.74 Å². The minimum absolute atomic E-state index is 0.212. The first-order valence-corrected chi connectivity index (χ1v) is 9.15. The van der Waals surface area contributed by atoms with Crippen LogP contribution in [0.25, 0.3) is 0 Å². The van der Waals surface area contributed by atoms with Gasteiger partial charge < -0.3 is 9.84 Å². The predicted octanol–water partition coefficient (Wildman–Crippen LogP) is 3.64. The molecule has 0 saturated carbocycles. The van der Waals surface area contributed by atoms with Gasteiger partial charge in [0.2, 0.25) is 0 Å². The molecule has 4 heteroatoms. The molecule has 0 radical (unpaired) electrons. The topological polar surface area (TPSA) is 49.8 Å². The molecule has 1 unspecified atom stereocenters. The fourth-order valence-electron chi connectivity index (χ4n) is 2.85. The van der Waals surface area contributed by atoms with Crippen molar-refractivity contribution in [1.29, 1.82) is 0 Å². The molecule has 0 saturated heterocycles. The van der Waals surface area contributed by atoms with E-state index in [-0.39, 0.29) is 12.6 Å². The van der Waals surface area contributed by atoms with Gasteiger partial charge in [-0.15, -0.1) is 0 Å². The van der Waals surface area contributed by atoms with Gasteiger partial charge in [0.1, 0.15) is 0 Å². The Labute approximate surface area is 156 Å². The minimum atomic E-state index is -0.873. The van der Waals surface area contributed by atoms with Crippen LogP contribution in [0.3, 0.4) is 0 Å². The molecule has 2 aromatic carbocycles. The molecule has 140 valence electrons. The summed E-state index contributed by atoms with van der Waals surface area (Å²) in [6.07, 6.45) is 0.544. The zero-order valence-corrected chi connectivity index (χ0v) is 15.7. The Morgan fingerprint density at radius 3 is 1.92 bits per heavy atom. The monoisotopic (exact) mass is 355 g/mol. The molecule has 2 aromatic rings. The second-order valence-electron chi connectivity index (χ2n) is 6.87. The van der Waals surface area contributed by atoms with Crippen LogP contribution >= 0.6 is 0 Å². The van der Waals surface area contributed by atoms with Crippen molar-refractivity contribution in [2.24, 2.45) is 5.41 Å². The van der Waals surface area contributed by atoms with E-state index in [1.807, 2.05) is 36.4 Å². The van der Waals surface area contributed by atoms with Crippen LogP contribution in [0.1, 0.15) is 31.4 Å². The molecular weight excluding hydrogens is 326 g/mol. The number of aliphatic hydroxyl groups excluding tert-OH is 1. The zero-order chi connectivity index (χ0) is 18.8. The highest BCUT2D eigenvalue weighted by Gasteiger charge is 2.34. The van der Waals surface area contributed by atoms with Gasteiger partial charge in [0, 0.05) is 19.6 Å². The fourth-order valence-corrected chi connectivity index (χ4v) is 2.85. The summed E-state index contributed by atoms with van der Waals surface area (Å²) in [5.74, 6) is -0.332. The lowest BCUT2D eigenvalue weighted by Crippen LogP contribution is -2.37. The van der Waals surface area contributed by atoms with Gasteiger partial charge in [-0.2, -0.15) is 0 Å². The SMILES string of the molecule is CCOC(=O)C(C)(CO)CCN(Cc1ccccc1)Cc1ccccc1. The average Bonchev–Trinajstić information content (AvgIpc) is 2.67. The number of carbonyl (C=O) groups excluding carboxylic acids is 1. The van der Waals surface area contributed by atoms with Crippen molar-refractivity contribution in [3.05, 3.63) is 71.8 Å². The molecule has 1 atom stereocenters. The second-order valence-corrected chi connectivity index (χ2v) is 6.87. The summed E-state index contributed by atoms with van der Waals surface area (Å²) >= 11 is 0. The molecule has 0 bridgehead atoms. The maximum atomic E-state index is 12.2. The van der Waals surface area contributed by atoms with Crippen LogP contribution in [0.15, 0.2) is 60.7 Å². The fraction of sp³-hybridized carbons (Fsp3) is 0.409. The van der Waals surface area contributed by atoms with Gasteiger partial charge in [0.25, 0.3) is 0 Å². The summed E-state index contributed by atoms with van der Waals surface area (Å²) in [6.45, 7) is 5.95. The molecule has 0 aliphatic rings. The molecule has 0 spiro atoms. The first kappa shape index (κ1) is 20.1. The Morgan fingerprint density at radius 1 is 1.00 bits per heavy atom. The minimum Gasteiger partial charge on any atom is -0.466 e. The summed E-state index contributed by atoms with van der Waals surface area (Å²) in [6, 6.07) is 20.6. The molecule has 1 N–H and O–H groups in total. The molecule has 0 aliphatic heterocycles. The number of ether oxygens (including phenoxy) is 1. The lowest BCUT2D eigenvalue weighted by Gasteiger charge is -2.29. The van der Waals surface area contributed by atoms with Gasteiger partial charge >= 0.3 is 5.97 Å². The molecule has 4 nitrogen and oxygen atoms in total. The summed E-state index contributed by atoms with van der Waals surface area (Å²) in [5, 5.41) is 9.76. The summed E-state index contributed by atoms with van der Waals surface area (Å²) < 4.78 is 5.15. The first-order valence-electron chi connectivity index (χ1n) is 9.15. The Hall–Kier alpha value is -2.17. The van der Waals surface area contributed by atoms with Gasteiger partial charge in [-0.3, -0.25) is 9.69 Å². The molecule has 0 aliphatic carbocycles. The van der Waals surface area contributed by atoms with Gasteiger partial charge in [-0.1, -0.05) is 60.7 Å². The lowest BCUT2D eigenvalue weighted by atomic mass is 9.87. The Morgan fingerprint density at radius 2 is 1.50 bits per heavy atom. The van der Waals surface area contributed by atoms with Crippen molar-refractivity contribution in [1.82, 2.24) is 4.90 Å². The zero-order valence-electron chi connectivity index (χ0n) is 15.7. The van der Waals surface area contributed by atoms with E-state index in [9.17, 15) is 9.90 Å². The molecule has 0 heterocycles. The highest BCUT2D eigenvalue weighted by molar-refractivity contribution is 5.76. The van der Waals surface area contributed by atoms with Gasteiger partial charge in [0.05, 0.1) is 18.6 Å². The number of esters is 1. The van der Waals surface area contributed by atoms with Gasteiger partial charge in [0.15, 0.2) is 0 Å². The smallest absolute Gasteiger partial charge is 0.314 e. The third kappa shape index (κ3) is 5.97. The quantitative estimate of drug-likeness (QED) is 0.661. The third-order valence-corrected chi connectivity index (χ3v) is 4.60. The van der Waals surface area contributed by atoms with Gasteiger partial charge in [-0.25, -0.2) is 0 Å². The maximum absolute atomic E-state index is 12.2. The third-order valence-electron chi connectivity index (χ3n) is 4.60. The molecular formula is C22H29NO3. The van der Waals surface area contributed by atoms with Crippen LogP contribution < -0.4 is 0 Å². The maximum Gasteiger partial charge on any atom is 0.314 e. The van der Waals surface area contributed by atoms with E-state index in [0.717, 1.165) is 13.1 Å². The Balaban J connectivity index is 2.08. The standard InChI is InChI=1S/C22H29NO3/c1-3-26-21(25)22(2,18-24)14-15-23(16-19-10-6-4-7-11-19)17-20-12-8-5-9-13-20/h4-13,24H,3,14-18H2,1-2H3. The largest absolute Gasteiger partial charge is 0.466 e. The Kier molecular flexibility index (Phi) is 7.82. The molecule has 0 aromatic heterocycles. The molecule has 2 rings (SSSR count). The van der Waals surface area contributed by atoms with Crippen LogP contribution in [0.4, 0.5) is 0 Å². The van der Waals surface area contributed by atoms with Crippen molar-refractivity contribution in [2.45, 2.75) is 33.4 Å². The normalized spacial score (nSPS) is 13.4. The van der Waals surface area contributed by atoms with Crippen molar-refractivity contribution in [3.63, 3.8) is 0 Å². The van der Waals surface area contributed by atoms with E-state index < -0.39 is 5.41 Å².